The summed E-state index contributed by atoms with van der Waals surface area (Å²) in [5, 5.41) is 79.8. The number of rotatable bonds is 25. The molecule has 0 heterocycles. The third-order valence-corrected chi connectivity index (χ3v) is 7.70. The van der Waals surface area contributed by atoms with Gasteiger partial charge < -0.3 is 46.0 Å². The van der Waals surface area contributed by atoms with E-state index in [1.165, 1.54) is 30.4 Å². The average molecular weight is 741 g/mol. The molecule has 18 heteroatoms. The van der Waals surface area contributed by atoms with Crippen molar-refractivity contribution in [2.24, 2.45) is 27.6 Å². The normalized spacial score (nSPS) is 11.0. The van der Waals surface area contributed by atoms with Crippen LogP contribution in [0.25, 0.3) is 0 Å². The molecule has 0 aliphatic rings. The smallest absolute Gasteiger partial charge is 0.333 e. The summed E-state index contributed by atoms with van der Waals surface area (Å²) in [4.78, 5) is 98.6. The lowest BCUT2D eigenvalue weighted by molar-refractivity contribution is -0.181. The second kappa shape index (κ2) is 22.4. The molecular weight excluding hydrogens is 696 g/mol. The number of carboxylic acids is 9. The molecule has 0 bridgehead atoms. The molecule has 0 aromatic rings. The summed E-state index contributed by atoms with van der Waals surface area (Å²) in [6, 6.07) is 0. The third kappa shape index (κ3) is 12.2. The SMILES string of the molecule is C=CCC(C(=O)O)(C(=O)O)C(=O)O.C=CCC(CC=C)(CC=C)CC(C(=O)O)(C(=O)O)C(=O)O.C=CCC(CC=C)CC(C(=O)O)(C(=O)O)C(=O)O. The lowest BCUT2D eigenvalue weighted by atomic mass is 9.66. The van der Waals surface area contributed by atoms with Gasteiger partial charge in [0.15, 0.2) is 0 Å². The molecule has 0 fully saturated rings. The minimum Gasteiger partial charge on any atom is -0.480 e. The fourth-order valence-electron chi connectivity index (χ4n) is 4.91. The van der Waals surface area contributed by atoms with Crippen molar-refractivity contribution >= 4 is 53.7 Å². The molecule has 0 atom stereocenters. The van der Waals surface area contributed by atoms with Crippen molar-refractivity contribution in [3.05, 3.63) is 75.9 Å². The second-order valence-corrected chi connectivity index (χ2v) is 11.2. The maximum absolute atomic E-state index is 11.4. The number of carboxylic acid groups (broad SMARTS) is 9. The van der Waals surface area contributed by atoms with Gasteiger partial charge in [0, 0.05) is 6.42 Å². The molecule has 0 saturated heterocycles. The predicted octanol–water partition coefficient (Wildman–Crippen LogP) is 3.52. The molecule has 0 unspecified atom stereocenters. The molecule has 0 aromatic heterocycles. The van der Waals surface area contributed by atoms with E-state index in [0.717, 1.165) is 6.08 Å². The van der Waals surface area contributed by atoms with Gasteiger partial charge in [-0.15, -0.1) is 39.5 Å². The minimum absolute atomic E-state index is 0.251. The first kappa shape index (κ1) is 50.1. The van der Waals surface area contributed by atoms with Gasteiger partial charge in [-0.3, -0.25) is 43.2 Å². The van der Waals surface area contributed by atoms with Crippen LogP contribution in [0.1, 0.15) is 51.4 Å². The Kier molecular flexibility index (Phi) is 21.6. The molecule has 0 spiro atoms. The zero-order chi connectivity index (χ0) is 41.7. The zero-order valence-corrected chi connectivity index (χ0v) is 28.1. The van der Waals surface area contributed by atoms with E-state index in [-0.39, 0.29) is 19.3 Å². The van der Waals surface area contributed by atoms with Crippen molar-refractivity contribution in [3.63, 3.8) is 0 Å². The molecule has 288 valence electrons. The highest BCUT2D eigenvalue weighted by atomic mass is 16.4. The lowest BCUT2D eigenvalue weighted by Gasteiger charge is -2.36. The van der Waals surface area contributed by atoms with Gasteiger partial charge >= 0.3 is 53.7 Å². The summed E-state index contributed by atoms with van der Waals surface area (Å²) >= 11 is 0. The van der Waals surface area contributed by atoms with Gasteiger partial charge in [-0.1, -0.05) is 36.5 Å². The fraction of sp³-hybridized carbons (Fsp3) is 0.382. The fourth-order valence-corrected chi connectivity index (χ4v) is 4.91. The first-order chi connectivity index (χ1) is 23.9. The Labute approximate surface area is 297 Å². The maximum Gasteiger partial charge on any atom is 0.333 e. The van der Waals surface area contributed by atoms with Crippen LogP contribution in [0.3, 0.4) is 0 Å². The summed E-state index contributed by atoms with van der Waals surface area (Å²) in [6.45, 7) is 20.7. The Morgan fingerprint density at radius 1 is 0.385 bits per heavy atom. The van der Waals surface area contributed by atoms with E-state index in [1.54, 1.807) is 0 Å². The second-order valence-electron chi connectivity index (χ2n) is 11.2. The molecular formula is C34H44O18. The summed E-state index contributed by atoms with van der Waals surface area (Å²) in [5.41, 5.74) is -9.46. The van der Waals surface area contributed by atoms with Crippen LogP contribution in [0.5, 0.6) is 0 Å². The summed E-state index contributed by atoms with van der Waals surface area (Å²) in [5.74, 6) is -17.5. The lowest BCUT2D eigenvalue weighted by Crippen LogP contribution is -2.50. The molecule has 0 radical (unpaired) electrons. The van der Waals surface area contributed by atoms with E-state index < -0.39 is 101 Å². The largest absolute Gasteiger partial charge is 0.480 e. The van der Waals surface area contributed by atoms with Gasteiger partial charge in [-0.25, -0.2) is 0 Å². The molecule has 9 N–H and O–H groups in total. The average Bonchev–Trinajstić information content (AvgIpc) is 3.01. The number of aliphatic carboxylic acids is 9. The van der Waals surface area contributed by atoms with Crippen LogP contribution in [0.2, 0.25) is 0 Å². The monoisotopic (exact) mass is 740 g/mol. The Hall–Kier alpha value is -6.33. The Morgan fingerprint density at radius 2 is 0.635 bits per heavy atom. The Bertz CT molecular complexity index is 1290. The summed E-state index contributed by atoms with van der Waals surface area (Å²) < 4.78 is 0. The van der Waals surface area contributed by atoms with Crippen LogP contribution in [0, 0.1) is 27.6 Å². The van der Waals surface area contributed by atoms with E-state index in [2.05, 4.69) is 39.5 Å². The molecule has 0 aliphatic carbocycles. The van der Waals surface area contributed by atoms with Gasteiger partial charge in [0.05, 0.1) is 0 Å². The molecule has 18 nitrogen and oxygen atoms in total. The van der Waals surface area contributed by atoms with Crippen LogP contribution >= 0.6 is 0 Å². The number of hydrogen-bond acceptors (Lipinski definition) is 9. The number of hydrogen-bond donors (Lipinski definition) is 9. The third-order valence-electron chi connectivity index (χ3n) is 7.70. The first-order valence-corrected chi connectivity index (χ1v) is 14.7. The molecule has 0 rings (SSSR count). The molecule has 0 amide bonds. The molecule has 52 heavy (non-hydrogen) atoms. The first-order valence-electron chi connectivity index (χ1n) is 14.7. The van der Waals surface area contributed by atoms with Crippen molar-refractivity contribution < 1.29 is 89.1 Å². The van der Waals surface area contributed by atoms with Gasteiger partial charge in [0.1, 0.15) is 0 Å². The van der Waals surface area contributed by atoms with E-state index in [0.29, 0.717) is 12.8 Å². The van der Waals surface area contributed by atoms with Crippen LogP contribution in [0.4, 0.5) is 0 Å². The van der Waals surface area contributed by atoms with Crippen LogP contribution in [-0.4, -0.2) is 99.7 Å². The number of allylic oxidation sites excluding steroid dienone is 6. The van der Waals surface area contributed by atoms with Crippen molar-refractivity contribution in [3.8, 4) is 0 Å². The van der Waals surface area contributed by atoms with Gasteiger partial charge in [0.25, 0.3) is 16.2 Å². The van der Waals surface area contributed by atoms with Gasteiger partial charge in [-0.2, -0.15) is 0 Å². The Morgan fingerprint density at radius 3 is 0.808 bits per heavy atom. The van der Waals surface area contributed by atoms with Crippen molar-refractivity contribution in [1.82, 2.24) is 0 Å². The quantitative estimate of drug-likeness (QED) is 0.0477. The zero-order valence-electron chi connectivity index (χ0n) is 28.1. The highest BCUT2D eigenvalue weighted by molar-refractivity contribution is 6.17. The van der Waals surface area contributed by atoms with Crippen molar-refractivity contribution in [1.29, 1.82) is 0 Å². The van der Waals surface area contributed by atoms with Crippen molar-refractivity contribution in [2.45, 2.75) is 51.4 Å². The maximum atomic E-state index is 11.4. The van der Waals surface area contributed by atoms with E-state index in [1.807, 2.05) is 0 Å². The summed E-state index contributed by atoms with van der Waals surface area (Å²) in [6.07, 6.45) is 8.08. The van der Waals surface area contributed by atoms with Gasteiger partial charge in [0.2, 0.25) is 0 Å². The molecule has 0 aromatic carbocycles. The highest BCUT2D eigenvalue weighted by Crippen LogP contribution is 2.44. The minimum atomic E-state index is -2.91. The Balaban J connectivity index is -0.000000712. The van der Waals surface area contributed by atoms with E-state index in [4.69, 9.17) is 30.6 Å². The van der Waals surface area contributed by atoms with Crippen LogP contribution in [-0.2, 0) is 43.2 Å². The number of carbonyl (C=O) groups is 9. The van der Waals surface area contributed by atoms with Crippen LogP contribution in [0.15, 0.2) is 75.9 Å². The van der Waals surface area contributed by atoms with Crippen molar-refractivity contribution in [2.75, 3.05) is 0 Å². The molecule has 0 saturated carbocycles. The van der Waals surface area contributed by atoms with Crippen LogP contribution < -0.4 is 0 Å². The molecule has 0 aliphatic heterocycles. The van der Waals surface area contributed by atoms with Gasteiger partial charge in [-0.05, 0) is 56.3 Å². The topological polar surface area (TPSA) is 336 Å². The predicted molar refractivity (Wildman–Crippen MR) is 180 cm³/mol. The standard InChI is InChI=1S/C15H20O6.C12H16O6.C7H8O6/c1-4-7-14(8-5-2,9-6-3)10-15(11(16)17,12(18)19)13(20)21;1-3-5-8(6-4-2)7-12(9(13)14,10(15)16)11(17)18;1-2-3-7(4(8)9,5(10)11)6(12)13/h4-6H,1-3,7-10H2,(H,16,17)(H,18,19)(H,20,21);3-4,8H,1-2,5-7H2,(H,13,14)(H,15,16)(H,17,18);2H,1,3H2,(H,8,9)(H,10,11)(H,12,13). The summed E-state index contributed by atoms with van der Waals surface area (Å²) in [7, 11) is 0. The van der Waals surface area contributed by atoms with E-state index in [9.17, 15) is 58.5 Å². The van der Waals surface area contributed by atoms with E-state index >= 15 is 0 Å². The highest BCUT2D eigenvalue weighted by Gasteiger charge is 2.58.